The van der Waals surface area contributed by atoms with Crippen molar-refractivity contribution in [3.05, 3.63) is 48.8 Å². The summed E-state index contributed by atoms with van der Waals surface area (Å²) in [4.78, 5) is 16.5. The van der Waals surface area contributed by atoms with Gasteiger partial charge in [-0.3, -0.25) is 9.78 Å². The first-order chi connectivity index (χ1) is 13.6. The maximum Gasteiger partial charge on any atom is 0.234 e. The van der Waals surface area contributed by atoms with E-state index in [0.717, 1.165) is 23.1 Å². The largest absolute Gasteiger partial charge is 0.495 e. The summed E-state index contributed by atoms with van der Waals surface area (Å²) < 4.78 is 7.33. The van der Waals surface area contributed by atoms with Crippen LogP contribution in [0.15, 0.2) is 53.9 Å². The van der Waals surface area contributed by atoms with E-state index in [1.807, 2.05) is 36.4 Å². The molecule has 0 aliphatic rings. The van der Waals surface area contributed by atoms with Crippen LogP contribution in [-0.4, -0.2) is 38.5 Å². The Hall–Kier alpha value is -2.87. The minimum absolute atomic E-state index is 0.126. The van der Waals surface area contributed by atoms with E-state index >= 15 is 0 Å². The number of rotatable bonds is 8. The van der Waals surface area contributed by atoms with Crippen LogP contribution in [0.5, 0.6) is 5.75 Å². The molecule has 0 aliphatic carbocycles. The number of para-hydroxylation sites is 2. The topological polar surface area (TPSA) is 81.9 Å². The summed E-state index contributed by atoms with van der Waals surface area (Å²) in [5.41, 5.74) is 1.60. The lowest BCUT2D eigenvalue weighted by Gasteiger charge is -2.13. The number of nitrogens with one attached hydrogen (secondary N) is 1. The number of amides is 1. The van der Waals surface area contributed by atoms with E-state index in [9.17, 15) is 4.79 Å². The summed E-state index contributed by atoms with van der Waals surface area (Å²) in [7, 11) is 1.58. The van der Waals surface area contributed by atoms with Gasteiger partial charge in [0.2, 0.25) is 5.91 Å². The number of methoxy groups -OCH3 is 1. The Morgan fingerprint density at radius 1 is 1.18 bits per heavy atom. The number of benzene rings is 1. The van der Waals surface area contributed by atoms with Crippen molar-refractivity contribution < 1.29 is 9.53 Å². The second kappa shape index (κ2) is 9.36. The number of anilines is 1. The minimum Gasteiger partial charge on any atom is -0.495 e. The second-order valence-electron chi connectivity index (χ2n) is 6.58. The molecule has 0 radical (unpaired) electrons. The van der Waals surface area contributed by atoms with Crippen molar-refractivity contribution in [2.24, 2.45) is 5.92 Å². The minimum atomic E-state index is -0.126. The number of hydrogen-bond acceptors (Lipinski definition) is 6. The zero-order valence-corrected chi connectivity index (χ0v) is 16.9. The first-order valence-corrected chi connectivity index (χ1v) is 9.96. The molecule has 2 aromatic heterocycles. The molecule has 1 N–H and O–H groups in total. The molecule has 28 heavy (non-hydrogen) atoms. The van der Waals surface area contributed by atoms with Crippen LogP contribution in [0, 0.1) is 5.92 Å². The summed E-state index contributed by atoms with van der Waals surface area (Å²) in [5, 5.41) is 12.2. The van der Waals surface area contributed by atoms with Crippen molar-refractivity contribution in [2.45, 2.75) is 25.5 Å². The average Bonchev–Trinajstić information content (AvgIpc) is 3.09. The van der Waals surface area contributed by atoms with E-state index < -0.39 is 0 Å². The zero-order valence-electron chi connectivity index (χ0n) is 16.1. The van der Waals surface area contributed by atoms with Gasteiger partial charge in [-0.15, -0.1) is 10.2 Å². The van der Waals surface area contributed by atoms with E-state index in [1.54, 1.807) is 19.5 Å². The number of carbonyl (C=O) groups is 1. The van der Waals surface area contributed by atoms with Crippen molar-refractivity contribution in [2.75, 3.05) is 18.2 Å². The van der Waals surface area contributed by atoms with Crippen LogP contribution in [-0.2, 0) is 11.3 Å². The van der Waals surface area contributed by atoms with Gasteiger partial charge in [-0.2, -0.15) is 0 Å². The maximum atomic E-state index is 12.4. The van der Waals surface area contributed by atoms with Crippen molar-refractivity contribution in [3.8, 4) is 17.1 Å². The molecule has 0 spiro atoms. The Labute approximate surface area is 168 Å². The fourth-order valence-corrected chi connectivity index (χ4v) is 3.45. The van der Waals surface area contributed by atoms with Gasteiger partial charge >= 0.3 is 0 Å². The number of ether oxygens (including phenoxy) is 1. The molecule has 0 aliphatic heterocycles. The Bertz CT molecular complexity index is 927. The van der Waals surface area contributed by atoms with Crippen LogP contribution < -0.4 is 10.1 Å². The molecule has 7 nitrogen and oxygen atoms in total. The van der Waals surface area contributed by atoms with Crippen molar-refractivity contribution in [1.29, 1.82) is 0 Å². The second-order valence-corrected chi connectivity index (χ2v) is 7.53. The van der Waals surface area contributed by atoms with Gasteiger partial charge in [0.25, 0.3) is 0 Å². The fourth-order valence-electron chi connectivity index (χ4n) is 2.70. The van der Waals surface area contributed by atoms with Crippen molar-refractivity contribution >= 4 is 23.4 Å². The maximum absolute atomic E-state index is 12.4. The van der Waals surface area contributed by atoms with Gasteiger partial charge in [-0.1, -0.05) is 37.7 Å². The highest BCUT2D eigenvalue weighted by molar-refractivity contribution is 7.99. The predicted octanol–water partition coefficient (Wildman–Crippen LogP) is 3.74. The average molecular weight is 398 g/mol. The lowest BCUT2D eigenvalue weighted by molar-refractivity contribution is -0.113. The van der Waals surface area contributed by atoms with Crippen molar-refractivity contribution in [1.82, 2.24) is 19.7 Å². The quantitative estimate of drug-likeness (QED) is 0.583. The smallest absolute Gasteiger partial charge is 0.234 e. The highest BCUT2D eigenvalue weighted by Crippen LogP contribution is 2.26. The molecule has 8 heteroatoms. The van der Waals surface area contributed by atoms with Gasteiger partial charge in [0.1, 0.15) is 5.75 Å². The Morgan fingerprint density at radius 3 is 2.64 bits per heavy atom. The first-order valence-electron chi connectivity index (χ1n) is 8.97. The monoisotopic (exact) mass is 397 g/mol. The van der Waals surface area contributed by atoms with Gasteiger partial charge in [0.05, 0.1) is 18.6 Å². The summed E-state index contributed by atoms with van der Waals surface area (Å²) in [6.45, 7) is 5.04. The molecule has 3 rings (SSSR count). The summed E-state index contributed by atoms with van der Waals surface area (Å²) >= 11 is 1.37. The van der Waals surface area contributed by atoms with E-state index in [1.165, 1.54) is 11.8 Å². The molecule has 1 amide bonds. The lowest BCUT2D eigenvalue weighted by atomic mass is 10.2. The number of nitrogens with zero attached hydrogens (tertiary/aromatic N) is 4. The molecule has 3 aromatic rings. The van der Waals surface area contributed by atoms with Crippen LogP contribution in [0.25, 0.3) is 11.4 Å². The number of pyridine rings is 1. The molecular formula is C20H23N5O2S. The molecule has 0 saturated heterocycles. The Kier molecular flexibility index (Phi) is 6.65. The highest BCUT2D eigenvalue weighted by atomic mass is 32.2. The third-order valence-corrected chi connectivity index (χ3v) is 4.88. The van der Waals surface area contributed by atoms with Crippen LogP contribution in [0.4, 0.5) is 5.69 Å². The van der Waals surface area contributed by atoms with E-state index in [-0.39, 0.29) is 11.7 Å². The van der Waals surface area contributed by atoms with Crippen LogP contribution in [0.1, 0.15) is 13.8 Å². The fraction of sp³-hybridized carbons (Fsp3) is 0.300. The van der Waals surface area contributed by atoms with Crippen LogP contribution >= 0.6 is 11.8 Å². The summed E-state index contributed by atoms with van der Waals surface area (Å²) in [6.07, 6.45) is 3.47. The molecule has 0 fully saturated rings. The Morgan fingerprint density at radius 2 is 1.93 bits per heavy atom. The highest BCUT2D eigenvalue weighted by Gasteiger charge is 2.17. The van der Waals surface area contributed by atoms with E-state index in [2.05, 4.69) is 38.9 Å². The van der Waals surface area contributed by atoms with Gasteiger partial charge in [-0.05, 0) is 30.2 Å². The van der Waals surface area contributed by atoms with Crippen molar-refractivity contribution in [3.63, 3.8) is 0 Å². The van der Waals surface area contributed by atoms with Gasteiger partial charge < -0.3 is 14.6 Å². The van der Waals surface area contributed by atoms with Crippen LogP contribution in [0.2, 0.25) is 0 Å². The van der Waals surface area contributed by atoms with Gasteiger partial charge in [-0.25, -0.2) is 0 Å². The molecule has 0 unspecified atom stereocenters. The lowest BCUT2D eigenvalue weighted by Crippen LogP contribution is -2.15. The summed E-state index contributed by atoms with van der Waals surface area (Å²) in [6, 6.07) is 11.1. The Balaban J connectivity index is 1.73. The molecule has 146 valence electrons. The first kappa shape index (κ1) is 19.9. The standard InChI is InChI=1S/C20H23N5O2S/c1-14(2)12-25-19(15-8-10-21-11-9-15)23-24-20(25)28-13-18(26)22-16-6-4-5-7-17(16)27-3/h4-11,14H,12-13H2,1-3H3,(H,22,26). The summed E-state index contributed by atoms with van der Waals surface area (Å²) in [5.74, 6) is 1.93. The molecule has 0 saturated carbocycles. The zero-order chi connectivity index (χ0) is 19.9. The molecule has 0 bridgehead atoms. The number of aromatic nitrogens is 4. The molecular weight excluding hydrogens is 374 g/mol. The number of carbonyl (C=O) groups excluding carboxylic acids is 1. The number of thioether (sulfide) groups is 1. The third-order valence-electron chi connectivity index (χ3n) is 3.92. The van der Waals surface area contributed by atoms with Gasteiger partial charge in [0.15, 0.2) is 11.0 Å². The van der Waals surface area contributed by atoms with Gasteiger partial charge in [0, 0.05) is 24.5 Å². The predicted molar refractivity (Wildman–Crippen MR) is 110 cm³/mol. The third kappa shape index (κ3) is 4.89. The molecule has 2 heterocycles. The molecule has 0 atom stereocenters. The van der Waals surface area contributed by atoms with E-state index in [4.69, 9.17) is 4.74 Å². The SMILES string of the molecule is COc1ccccc1NC(=O)CSc1nnc(-c2ccncc2)n1CC(C)C. The van der Waals surface area contributed by atoms with E-state index in [0.29, 0.717) is 17.4 Å². The normalized spacial score (nSPS) is 10.9. The molecule has 1 aromatic carbocycles. The number of hydrogen-bond donors (Lipinski definition) is 1. The van der Waals surface area contributed by atoms with Crippen LogP contribution in [0.3, 0.4) is 0 Å².